The van der Waals surface area contributed by atoms with Gasteiger partial charge in [-0.15, -0.1) is 0 Å². The highest BCUT2D eigenvalue weighted by Crippen LogP contribution is 2.05. The Morgan fingerprint density at radius 2 is 2.00 bits per heavy atom. The zero-order valence-corrected chi connectivity index (χ0v) is 9.84. The van der Waals surface area contributed by atoms with Gasteiger partial charge in [0, 0.05) is 12.7 Å². The molecule has 0 bridgehead atoms. The smallest absolute Gasteiger partial charge is 0.270 e. The quantitative estimate of drug-likeness (QED) is 0.854. The summed E-state index contributed by atoms with van der Waals surface area (Å²) in [6.07, 6.45) is 1.58. The molecule has 2 rings (SSSR count). The number of carbonyl (C=O) groups excluding carboxylic acids is 1. The Morgan fingerprint density at radius 3 is 2.72 bits per heavy atom. The first-order valence-electron chi connectivity index (χ1n) is 5.67. The summed E-state index contributed by atoms with van der Waals surface area (Å²) in [4.78, 5) is 15.7. The third-order valence-corrected chi connectivity index (χ3v) is 2.52. The van der Waals surface area contributed by atoms with Crippen molar-refractivity contribution in [3.63, 3.8) is 0 Å². The van der Waals surface area contributed by atoms with Crippen LogP contribution in [0.3, 0.4) is 0 Å². The molecule has 2 aromatic rings. The van der Waals surface area contributed by atoms with Crippen LogP contribution in [0, 0.1) is 0 Å². The Balaban J connectivity index is 1.97. The van der Waals surface area contributed by atoms with Crippen molar-refractivity contribution < 1.29 is 9.90 Å². The fourth-order valence-corrected chi connectivity index (χ4v) is 1.61. The molecule has 4 heteroatoms. The van der Waals surface area contributed by atoms with Gasteiger partial charge in [0.1, 0.15) is 5.69 Å². The first kappa shape index (κ1) is 12.3. The third kappa shape index (κ3) is 3.15. The number of carbonyl (C=O) groups is 1. The second-order valence-electron chi connectivity index (χ2n) is 3.88. The number of nitrogens with one attached hydrogen (secondary N) is 1. The molecule has 1 aromatic heterocycles. The number of nitrogens with zero attached hydrogens (tertiary/aromatic N) is 1. The Labute approximate surface area is 105 Å². The van der Waals surface area contributed by atoms with Crippen molar-refractivity contribution in [3.05, 3.63) is 65.5 Å². The number of aliphatic hydroxyl groups excluding tert-OH is 1. The number of benzene rings is 1. The van der Waals surface area contributed by atoms with E-state index in [0.29, 0.717) is 12.2 Å². The molecule has 0 radical (unpaired) electrons. The first-order valence-corrected chi connectivity index (χ1v) is 5.67. The van der Waals surface area contributed by atoms with Crippen LogP contribution in [0.15, 0.2) is 48.7 Å². The fraction of sp³-hybridized carbons (Fsp3) is 0.143. The SMILES string of the molecule is O=C(NCc1cccc(CO)c1)c1ccccn1. The Morgan fingerprint density at radius 1 is 1.17 bits per heavy atom. The van der Waals surface area contributed by atoms with Gasteiger partial charge in [-0.25, -0.2) is 0 Å². The maximum absolute atomic E-state index is 11.7. The highest BCUT2D eigenvalue weighted by molar-refractivity contribution is 5.92. The predicted molar refractivity (Wildman–Crippen MR) is 67.8 cm³/mol. The molecule has 0 atom stereocenters. The van der Waals surface area contributed by atoms with Gasteiger partial charge in [-0.05, 0) is 23.3 Å². The molecule has 0 saturated carbocycles. The van der Waals surface area contributed by atoms with E-state index in [0.717, 1.165) is 11.1 Å². The van der Waals surface area contributed by atoms with Crippen molar-refractivity contribution in [1.82, 2.24) is 10.3 Å². The zero-order valence-electron chi connectivity index (χ0n) is 9.84. The van der Waals surface area contributed by atoms with Crippen LogP contribution in [-0.2, 0) is 13.2 Å². The summed E-state index contributed by atoms with van der Waals surface area (Å²) in [6, 6.07) is 12.7. The van der Waals surface area contributed by atoms with Crippen molar-refractivity contribution in [2.75, 3.05) is 0 Å². The molecule has 18 heavy (non-hydrogen) atoms. The number of amides is 1. The summed E-state index contributed by atoms with van der Waals surface area (Å²) in [5, 5.41) is 11.8. The molecule has 0 spiro atoms. The minimum atomic E-state index is -0.204. The molecule has 1 aromatic carbocycles. The van der Waals surface area contributed by atoms with Crippen molar-refractivity contribution in [1.29, 1.82) is 0 Å². The van der Waals surface area contributed by atoms with Crippen LogP contribution in [0.25, 0.3) is 0 Å². The van der Waals surface area contributed by atoms with Gasteiger partial charge in [0.15, 0.2) is 0 Å². The largest absolute Gasteiger partial charge is 0.392 e. The van der Waals surface area contributed by atoms with Gasteiger partial charge in [0.2, 0.25) is 0 Å². The van der Waals surface area contributed by atoms with Crippen LogP contribution in [-0.4, -0.2) is 16.0 Å². The molecular formula is C14H14N2O2. The third-order valence-electron chi connectivity index (χ3n) is 2.52. The molecule has 0 aliphatic heterocycles. The summed E-state index contributed by atoms with van der Waals surface area (Å²) < 4.78 is 0. The van der Waals surface area contributed by atoms with Gasteiger partial charge in [-0.1, -0.05) is 30.3 Å². The van der Waals surface area contributed by atoms with Crippen molar-refractivity contribution >= 4 is 5.91 Å². The lowest BCUT2D eigenvalue weighted by molar-refractivity contribution is 0.0946. The Bertz CT molecular complexity index is 526. The van der Waals surface area contributed by atoms with Crippen LogP contribution < -0.4 is 5.32 Å². The number of pyridine rings is 1. The average molecular weight is 242 g/mol. The summed E-state index contributed by atoms with van der Waals surface area (Å²) in [6.45, 7) is 0.422. The first-order chi connectivity index (χ1) is 8.79. The van der Waals surface area contributed by atoms with E-state index in [4.69, 9.17) is 5.11 Å². The molecular weight excluding hydrogens is 228 g/mol. The van der Waals surface area contributed by atoms with E-state index >= 15 is 0 Å². The van der Waals surface area contributed by atoms with Crippen LogP contribution in [0.4, 0.5) is 0 Å². The summed E-state index contributed by atoms with van der Waals surface area (Å²) in [7, 11) is 0. The maximum atomic E-state index is 11.7. The molecule has 1 amide bonds. The van der Waals surface area contributed by atoms with E-state index in [9.17, 15) is 4.79 Å². The topological polar surface area (TPSA) is 62.2 Å². The normalized spacial score (nSPS) is 10.1. The van der Waals surface area contributed by atoms with Gasteiger partial charge in [-0.3, -0.25) is 9.78 Å². The molecule has 0 aliphatic rings. The van der Waals surface area contributed by atoms with Gasteiger partial charge in [0.25, 0.3) is 5.91 Å². The van der Waals surface area contributed by atoms with E-state index in [-0.39, 0.29) is 12.5 Å². The van der Waals surface area contributed by atoms with E-state index < -0.39 is 0 Å². The Hall–Kier alpha value is -2.20. The zero-order chi connectivity index (χ0) is 12.8. The molecule has 0 unspecified atom stereocenters. The van der Waals surface area contributed by atoms with Crippen molar-refractivity contribution in [3.8, 4) is 0 Å². The van der Waals surface area contributed by atoms with Crippen LogP contribution in [0.1, 0.15) is 21.6 Å². The lowest BCUT2D eigenvalue weighted by atomic mass is 10.1. The number of rotatable bonds is 4. The second-order valence-corrected chi connectivity index (χ2v) is 3.88. The minimum absolute atomic E-state index is 0.00201. The average Bonchev–Trinajstić information content (AvgIpc) is 2.46. The van der Waals surface area contributed by atoms with Crippen LogP contribution in [0.2, 0.25) is 0 Å². The predicted octanol–water partition coefficient (Wildman–Crippen LogP) is 1.50. The number of hydrogen-bond acceptors (Lipinski definition) is 3. The molecule has 1 heterocycles. The van der Waals surface area contributed by atoms with Crippen LogP contribution in [0.5, 0.6) is 0 Å². The second kappa shape index (κ2) is 5.93. The highest BCUT2D eigenvalue weighted by atomic mass is 16.3. The lowest BCUT2D eigenvalue weighted by Crippen LogP contribution is -2.23. The standard InChI is InChI=1S/C14H14N2O2/c17-10-12-5-3-4-11(8-12)9-16-14(18)13-6-1-2-7-15-13/h1-8,17H,9-10H2,(H,16,18). The molecule has 0 saturated heterocycles. The van der Waals surface area contributed by atoms with E-state index in [1.807, 2.05) is 24.3 Å². The van der Waals surface area contributed by atoms with Crippen molar-refractivity contribution in [2.45, 2.75) is 13.2 Å². The number of hydrogen-bond donors (Lipinski definition) is 2. The molecule has 0 fully saturated rings. The lowest BCUT2D eigenvalue weighted by Gasteiger charge is -2.06. The van der Waals surface area contributed by atoms with Crippen molar-refractivity contribution in [2.24, 2.45) is 0 Å². The fourth-order valence-electron chi connectivity index (χ4n) is 1.61. The monoisotopic (exact) mass is 242 g/mol. The van der Waals surface area contributed by atoms with E-state index in [2.05, 4.69) is 10.3 Å². The molecule has 0 aliphatic carbocycles. The van der Waals surface area contributed by atoms with Gasteiger partial charge >= 0.3 is 0 Å². The number of aliphatic hydroxyl groups is 1. The molecule has 2 N–H and O–H groups in total. The Kier molecular flexibility index (Phi) is 4.04. The van der Waals surface area contributed by atoms with Gasteiger partial charge in [0.05, 0.1) is 6.61 Å². The van der Waals surface area contributed by atoms with E-state index in [1.54, 1.807) is 24.4 Å². The summed E-state index contributed by atoms with van der Waals surface area (Å²) in [5.41, 5.74) is 2.18. The minimum Gasteiger partial charge on any atom is -0.392 e. The highest BCUT2D eigenvalue weighted by Gasteiger charge is 2.05. The van der Waals surface area contributed by atoms with Crippen LogP contribution >= 0.6 is 0 Å². The van der Waals surface area contributed by atoms with Gasteiger partial charge in [-0.2, -0.15) is 0 Å². The number of aromatic nitrogens is 1. The summed E-state index contributed by atoms with van der Waals surface area (Å²) >= 11 is 0. The maximum Gasteiger partial charge on any atom is 0.270 e. The van der Waals surface area contributed by atoms with E-state index in [1.165, 1.54) is 0 Å². The van der Waals surface area contributed by atoms with Gasteiger partial charge < -0.3 is 10.4 Å². The summed E-state index contributed by atoms with van der Waals surface area (Å²) in [5.74, 6) is -0.204. The molecule has 4 nitrogen and oxygen atoms in total. The molecule has 92 valence electrons.